The summed E-state index contributed by atoms with van der Waals surface area (Å²) in [4.78, 5) is 41.7. The van der Waals surface area contributed by atoms with Crippen molar-refractivity contribution < 1.29 is 9.59 Å². The maximum Gasteiger partial charge on any atom is 0.278 e. The molecule has 1 aliphatic heterocycles. The molecule has 4 aromatic rings. The van der Waals surface area contributed by atoms with Gasteiger partial charge in [-0.25, -0.2) is 15.0 Å². The van der Waals surface area contributed by atoms with Gasteiger partial charge in [0.15, 0.2) is 5.82 Å². The number of fused-ring (bicyclic) bond motifs is 2. The Morgan fingerprint density at radius 1 is 1.24 bits per heavy atom. The Bertz CT molecular complexity index is 1580. The third kappa shape index (κ3) is 4.20. The minimum atomic E-state index is -0.480. The number of carbonyl (C=O) groups excluding carboxylic acids is 2. The Labute approximate surface area is 221 Å². The predicted molar refractivity (Wildman–Crippen MR) is 148 cm³/mol. The van der Waals surface area contributed by atoms with Crippen LogP contribution in [0.1, 0.15) is 53.3 Å². The maximum atomic E-state index is 13.6. The van der Waals surface area contributed by atoms with Crippen molar-refractivity contribution >= 4 is 40.6 Å². The molecule has 2 fully saturated rings. The molecule has 9 nitrogen and oxygen atoms in total. The van der Waals surface area contributed by atoms with Crippen LogP contribution in [0.4, 0.5) is 0 Å². The number of nitrogens with zero attached hydrogens (tertiary/aromatic N) is 6. The molecule has 196 valence electrons. The van der Waals surface area contributed by atoms with Crippen molar-refractivity contribution in [3.05, 3.63) is 47.7 Å². The fraction of sp³-hybridized carbons (Fsp3) is 0.414. The lowest BCUT2D eigenvalue weighted by atomic mass is 9.91. The van der Waals surface area contributed by atoms with Crippen LogP contribution in [0.15, 0.2) is 41.5 Å². The molecule has 9 heteroatoms. The molecule has 0 radical (unpaired) electrons. The molecule has 38 heavy (non-hydrogen) atoms. The van der Waals surface area contributed by atoms with Gasteiger partial charge in [0.2, 0.25) is 0 Å². The summed E-state index contributed by atoms with van der Waals surface area (Å²) in [7, 11) is 1.90. The van der Waals surface area contributed by atoms with Gasteiger partial charge < -0.3 is 19.8 Å². The average Bonchev–Trinajstić information content (AvgIpc) is 3.60. The monoisotopic (exact) mass is 511 g/mol. The van der Waals surface area contributed by atoms with Crippen molar-refractivity contribution in [1.82, 2.24) is 24.0 Å². The SMILES string of the molecule is C=NC(=O)c1cc(C(=O)N2CCC[C@@H]([C@H](C)N)C2)cc2nc(-c3cc4cccnc4n3CC3CC3)n(C)c12. The van der Waals surface area contributed by atoms with Crippen LogP contribution < -0.4 is 5.73 Å². The van der Waals surface area contributed by atoms with Gasteiger partial charge in [0.05, 0.1) is 22.3 Å². The van der Waals surface area contributed by atoms with Crippen LogP contribution in [-0.4, -0.2) is 61.7 Å². The maximum absolute atomic E-state index is 13.6. The molecular formula is C29H33N7O2. The molecule has 2 atom stereocenters. The van der Waals surface area contributed by atoms with Crippen LogP contribution in [0.25, 0.3) is 33.6 Å². The number of nitrogens with two attached hydrogens (primary N) is 1. The third-order valence-electron chi connectivity index (χ3n) is 8.10. The van der Waals surface area contributed by atoms with Crippen LogP contribution >= 0.6 is 0 Å². The van der Waals surface area contributed by atoms with E-state index in [0.717, 1.165) is 41.9 Å². The van der Waals surface area contributed by atoms with Gasteiger partial charge in [0.1, 0.15) is 5.65 Å². The van der Waals surface area contributed by atoms with Crippen LogP contribution in [-0.2, 0) is 13.6 Å². The number of likely N-dealkylation sites (tertiary alicyclic amines) is 1. The quantitative estimate of drug-likeness (QED) is 0.393. The van der Waals surface area contributed by atoms with Gasteiger partial charge in [-0.3, -0.25) is 9.59 Å². The number of aryl methyl sites for hydroxylation is 1. The Morgan fingerprint density at radius 2 is 2.05 bits per heavy atom. The second-order valence-corrected chi connectivity index (χ2v) is 10.9. The van der Waals surface area contributed by atoms with Crippen molar-refractivity contribution in [3.63, 3.8) is 0 Å². The predicted octanol–water partition coefficient (Wildman–Crippen LogP) is 4.04. The number of carbonyl (C=O) groups is 2. The van der Waals surface area contributed by atoms with Gasteiger partial charge in [-0.15, -0.1) is 0 Å². The van der Waals surface area contributed by atoms with E-state index in [1.807, 2.05) is 35.7 Å². The number of piperidine rings is 1. The highest BCUT2D eigenvalue weighted by Crippen LogP contribution is 2.36. The van der Waals surface area contributed by atoms with Crippen molar-refractivity contribution in [1.29, 1.82) is 0 Å². The number of amides is 2. The van der Waals surface area contributed by atoms with Crippen LogP contribution in [0.3, 0.4) is 0 Å². The molecule has 0 spiro atoms. The van der Waals surface area contributed by atoms with Gasteiger partial charge >= 0.3 is 0 Å². The van der Waals surface area contributed by atoms with Gasteiger partial charge in [-0.1, -0.05) is 0 Å². The molecule has 0 unspecified atom stereocenters. The smallest absolute Gasteiger partial charge is 0.278 e. The Kier molecular flexibility index (Phi) is 6.10. The van der Waals surface area contributed by atoms with E-state index in [-0.39, 0.29) is 17.9 Å². The van der Waals surface area contributed by atoms with Crippen molar-refractivity contribution in [3.8, 4) is 11.5 Å². The highest BCUT2D eigenvalue weighted by Gasteiger charge is 2.30. The first-order valence-electron chi connectivity index (χ1n) is 13.4. The number of aliphatic imine (C=N–C) groups is 1. The number of pyridine rings is 1. The fourth-order valence-electron chi connectivity index (χ4n) is 5.77. The van der Waals surface area contributed by atoms with E-state index in [4.69, 9.17) is 10.7 Å². The third-order valence-corrected chi connectivity index (χ3v) is 8.10. The highest BCUT2D eigenvalue weighted by atomic mass is 16.2. The Hall–Kier alpha value is -3.85. The second-order valence-electron chi connectivity index (χ2n) is 10.9. The number of benzene rings is 1. The molecular weight excluding hydrogens is 478 g/mol. The van der Waals surface area contributed by atoms with Gasteiger partial charge in [0, 0.05) is 49.9 Å². The lowest BCUT2D eigenvalue weighted by Crippen LogP contribution is -2.45. The first-order valence-corrected chi connectivity index (χ1v) is 13.4. The summed E-state index contributed by atoms with van der Waals surface area (Å²) in [5.41, 5.74) is 9.99. The summed E-state index contributed by atoms with van der Waals surface area (Å²) in [6.07, 6.45) is 6.16. The molecule has 3 aromatic heterocycles. The first kappa shape index (κ1) is 24.5. The van der Waals surface area contributed by atoms with Crippen molar-refractivity contribution in [2.24, 2.45) is 29.6 Å². The van der Waals surface area contributed by atoms with E-state index < -0.39 is 5.91 Å². The van der Waals surface area contributed by atoms with Gasteiger partial charge in [-0.05, 0) is 81.5 Å². The highest BCUT2D eigenvalue weighted by molar-refractivity contribution is 6.10. The molecule has 1 aromatic carbocycles. The average molecular weight is 512 g/mol. The molecule has 1 aliphatic carbocycles. The molecule has 2 aliphatic rings. The number of hydrogen-bond donors (Lipinski definition) is 1. The Balaban J connectivity index is 1.48. The number of aromatic nitrogens is 4. The van der Waals surface area contributed by atoms with E-state index in [2.05, 4.69) is 33.4 Å². The Morgan fingerprint density at radius 3 is 2.79 bits per heavy atom. The normalized spacial score (nSPS) is 18.7. The zero-order valence-corrected chi connectivity index (χ0v) is 21.9. The minimum absolute atomic E-state index is 0.0189. The zero-order chi connectivity index (χ0) is 26.6. The van der Waals surface area contributed by atoms with E-state index in [1.54, 1.807) is 12.1 Å². The molecule has 4 heterocycles. The molecule has 1 saturated carbocycles. The lowest BCUT2D eigenvalue weighted by molar-refractivity contribution is 0.0661. The number of hydrogen-bond acceptors (Lipinski definition) is 5. The van der Waals surface area contributed by atoms with Crippen molar-refractivity contribution in [2.45, 2.75) is 45.2 Å². The summed E-state index contributed by atoms with van der Waals surface area (Å²) in [5.74, 6) is 1.02. The van der Waals surface area contributed by atoms with Gasteiger partial charge in [-0.2, -0.15) is 0 Å². The van der Waals surface area contributed by atoms with Crippen LogP contribution in [0.5, 0.6) is 0 Å². The summed E-state index contributed by atoms with van der Waals surface area (Å²) in [6.45, 7) is 7.61. The number of imidazole rings is 1. The topological polar surface area (TPSA) is 111 Å². The zero-order valence-electron chi connectivity index (χ0n) is 21.9. The minimum Gasteiger partial charge on any atom is -0.338 e. The molecule has 6 rings (SSSR count). The van der Waals surface area contributed by atoms with E-state index in [9.17, 15) is 9.59 Å². The first-order chi connectivity index (χ1) is 18.4. The van der Waals surface area contributed by atoms with Crippen molar-refractivity contribution in [2.75, 3.05) is 13.1 Å². The fourth-order valence-corrected chi connectivity index (χ4v) is 5.77. The largest absolute Gasteiger partial charge is 0.338 e. The van der Waals surface area contributed by atoms with E-state index >= 15 is 0 Å². The molecule has 0 bridgehead atoms. The lowest BCUT2D eigenvalue weighted by Gasteiger charge is -2.34. The van der Waals surface area contributed by atoms with E-state index in [0.29, 0.717) is 41.2 Å². The van der Waals surface area contributed by atoms with Gasteiger partial charge in [0.25, 0.3) is 11.8 Å². The van der Waals surface area contributed by atoms with E-state index in [1.165, 1.54) is 12.8 Å². The molecule has 1 saturated heterocycles. The van der Waals surface area contributed by atoms with Crippen LogP contribution in [0, 0.1) is 11.8 Å². The van der Waals surface area contributed by atoms with Crippen LogP contribution in [0.2, 0.25) is 0 Å². The number of rotatable bonds is 6. The summed E-state index contributed by atoms with van der Waals surface area (Å²) in [5, 5.41) is 1.05. The summed E-state index contributed by atoms with van der Waals surface area (Å²) in [6, 6.07) is 9.55. The molecule has 2 N–H and O–H groups in total. The summed E-state index contributed by atoms with van der Waals surface area (Å²) < 4.78 is 4.15. The summed E-state index contributed by atoms with van der Waals surface area (Å²) >= 11 is 0. The molecule has 2 amide bonds. The standard InChI is InChI=1S/C29H33N7O2/c1-17(30)20-7-5-11-35(16-20)29(38)21-12-22(28(37)31-2)25-23(13-21)33-27(34(25)3)24-14-19-6-4-10-32-26(19)36(24)15-18-8-9-18/h4,6,10,12-14,17-18,20H,2,5,7-9,11,15-16,30H2,1,3H3/t17-,20+/m0/s1. The second kappa shape index (κ2) is 9.47.